The van der Waals surface area contributed by atoms with Gasteiger partial charge in [-0.15, -0.1) is 10.2 Å². The molecule has 0 aliphatic rings. The van der Waals surface area contributed by atoms with Gasteiger partial charge in [0, 0.05) is 11.1 Å². The van der Waals surface area contributed by atoms with Crippen LogP contribution in [0.2, 0.25) is 0 Å². The Labute approximate surface area is 182 Å². The van der Waals surface area contributed by atoms with Crippen molar-refractivity contribution in [1.82, 2.24) is 10.2 Å². The maximum absolute atomic E-state index is 9.48. The highest BCUT2D eigenvalue weighted by Crippen LogP contribution is 2.35. The summed E-state index contributed by atoms with van der Waals surface area (Å²) in [4.78, 5) is 0. The van der Waals surface area contributed by atoms with Gasteiger partial charge >= 0.3 is 0 Å². The van der Waals surface area contributed by atoms with Crippen LogP contribution in [0.5, 0.6) is 11.5 Å². The highest BCUT2D eigenvalue weighted by molar-refractivity contribution is 7.17. The Hall–Kier alpha value is -2.91. The molecule has 0 saturated heterocycles. The number of hydrogen-bond donors (Lipinski definition) is 0. The van der Waals surface area contributed by atoms with E-state index in [9.17, 15) is 5.26 Å². The number of ether oxygens (including phenoxy) is 2. The van der Waals surface area contributed by atoms with Crippen molar-refractivity contribution in [2.75, 3.05) is 6.61 Å². The smallest absolute Gasteiger partial charge is 0.148 e. The van der Waals surface area contributed by atoms with Crippen LogP contribution in [0.15, 0.2) is 36.4 Å². The summed E-state index contributed by atoms with van der Waals surface area (Å²) in [6.07, 6.45) is 3.06. The first-order valence-corrected chi connectivity index (χ1v) is 11.2. The van der Waals surface area contributed by atoms with Crippen LogP contribution in [0, 0.1) is 11.3 Å². The highest BCUT2D eigenvalue weighted by atomic mass is 32.1. The number of unbranched alkanes of at least 4 members (excludes halogenated alkanes) is 1. The van der Waals surface area contributed by atoms with Crippen molar-refractivity contribution in [2.24, 2.45) is 0 Å². The molecule has 5 nitrogen and oxygen atoms in total. The number of nitrogens with zero attached hydrogens (tertiary/aromatic N) is 3. The van der Waals surface area contributed by atoms with Gasteiger partial charge in [-0.05, 0) is 68.7 Å². The number of aromatic nitrogens is 2. The number of nitriles is 1. The lowest BCUT2D eigenvalue weighted by Gasteiger charge is -2.11. The molecule has 3 rings (SSSR count). The van der Waals surface area contributed by atoms with Crippen LogP contribution in [0.1, 0.15) is 51.7 Å². The molecular weight excluding hydrogens is 394 g/mol. The van der Waals surface area contributed by atoms with E-state index in [1.54, 1.807) is 0 Å². The summed E-state index contributed by atoms with van der Waals surface area (Å²) in [5, 5.41) is 19.9. The summed E-state index contributed by atoms with van der Waals surface area (Å²) in [6.45, 7) is 8.90. The van der Waals surface area contributed by atoms with Crippen molar-refractivity contribution in [3.8, 4) is 38.7 Å². The Morgan fingerprint density at radius 2 is 1.87 bits per heavy atom. The topological polar surface area (TPSA) is 68.0 Å². The molecule has 30 heavy (non-hydrogen) atoms. The maximum Gasteiger partial charge on any atom is 0.148 e. The predicted molar refractivity (Wildman–Crippen MR) is 121 cm³/mol. The van der Waals surface area contributed by atoms with Crippen molar-refractivity contribution in [1.29, 1.82) is 5.26 Å². The van der Waals surface area contributed by atoms with Crippen LogP contribution < -0.4 is 9.47 Å². The van der Waals surface area contributed by atoms with E-state index in [4.69, 9.17) is 9.47 Å². The van der Waals surface area contributed by atoms with Gasteiger partial charge in [0.25, 0.3) is 0 Å². The molecule has 1 heterocycles. The summed E-state index contributed by atoms with van der Waals surface area (Å²) in [7, 11) is 0. The molecule has 0 N–H and O–H groups in total. The molecule has 0 fully saturated rings. The van der Waals surface area contributed by atoms with Gasteiger partial charge in [-0.1, -0.05) is 31.6 Å². The molecule has 0 unspecified atom stereocenters. The second-order valence-corrected chi connectivity index (χ2v) is 8.25. The molecule has 0 spiro atoms. The normalized spacial score (nSPS) is 10.8. The Kier molecular flexibility index (Phi) is 7.42. The van der Waals surface area contributed by atoms with Crippen molar-refractivity contribution in [2.45, 2.75) is 53.1 Å². The van der Waals surface area contributed by atoms with Crippen molar-refractivity contribution in [3.63, 3.8) is 0 Å². The van der Waals surface area contributed by atoms with E-state index in [-0.39, 0.29) is 6.10 Å². The summed E-state index contributed by atoms with van der Waals surface area (Å²) >= 11 is 1.52. The van der Waals surface area contributed by atoms with Crippen LogP contribution in [0.25, 0.3) is 21.1 Å². The molecule has 0 amide bonds. The maximum atomic E-state index is 9.48. The monoisotopic (exact) mass is 421 g/mol. The summed E-state index contributed by atoms with van der Waals surface area (Å²) in [6, 6.07) is 13.9. The zero-order valence-corrected chi connectivity index (χ0v) is 18.8. The Morgan fingerprint density at radius 1 is 1.07 bits per heavy atom. The zero-order chi connectivity index (χ0) is 21.5. The van der Waals surface area contributed by atoms with Crippen LogP contribution in [0.3, 0.4) is 0 Å². The van der Waals surface area contributed by atoms with E-state index in [1.165, 1.54) is 16.9 Å². The first-order chi connectivity index (χ1) is 14.5. The van der Waals surface area contributed by atoms with Gasteiger partial charge in [0.1, 0.15) is 27.6 Å². The fraction of sp³-hybridized carbons (Fsp3) is 0.375. The molecule has 1 aromatic heterocycles. The molecule has 6 heteroatoms. The second-order valence-electron chi connectivity index (χ2n) is 7.28. The molecule has 0 bridgehead atoms. The van der Waals surface area contributed by atoms with Gasteiger partial charge in [-0.3, -0.25) is 0 Å². The average molecular weight is 422 g/mol. The van der Waals surface area contributed by atoms with Crippen LogP contribution in [-0.2, 0) is 6.42 Å². The van der Waals surface area contributed by atoms with E-state index in [2.05, 4.69) is 42.2 Å². The minimum Gasteiger partial charge on any atom is -0.494 e. The van der Waals surface area contributed by atoms with Crippen LogP contribution in [0.4, 0.5) is 0 Å². The van der Waals surface area contributed by atoms with Crippen LogP contribution >= 0.6 is 11.3 Å². The Balaban J connectivity index is 1.87. The van der Waals surface area contributed by atoms with Gasteiger partial charge in [-0.25, -0.2) is 0 Å². The quantitative estimate of drug-likeness (QED) is 0.381. The van der Waals surface area contributed by atoms with Gasteiger partial charge < -0.3 is 9.47 Å². The van der Waals surface area contributed by atoms with E-state index in [1.807, 2.05) is 38.1 Å². The first kappa shape index (κ1) is 21.8. The largest absolute Gasteiger partial charge is 0.494 e. The standard InChI is InChI=1S/C24H27N3O2S/c1-5-7-12-28-20-9-10-21(17(6-2)14-20)24-27-26-23(30-24)18-8-11-22(29-16(3)4)19(13-18)15-25/h8-11,13-14,16H,5-7,12H2,1-4H3. The van der Waals surface area contributed by atoms with Crippen molar-refractivity contribution < 1.29 is 9.47 Å². The van der Waals surface area contributed by atoms with Gasteiger partial charge in [0.05, 0.1) is 18.3 Å². The third kappa shape index (κ3) is 5.17. The summed E-state index contributed by atoms with van der Waals surface area (Å²) in [5.74, 6) is 1.49. The highest BCUT2D eigenvalue weighted by Gasteiger charge is 2.15. The minimum absolute atomic E-state index is 0.0115. The fourth-order valence-electron chi connectivity index (χ4n) is 3.05. The lowest BCUT2D eigenvalue weighted by molar-refractivity contribution is 0.242. The molecular formula is C24H27N3O2S. The number of aryl methyl sites for hydroxylation is 1. The van der Waals surface area contributed by atoms with E-state index in [0.717, 1.165) is 52.8 Å². The lowest BCUT2D eigenvalue weighted by Crippen LogP contribution is -2.06. The zero-order valence-electron chi connectivity index (χ0n) is 17.9. The first-order valence-electron chi connectivity index (χ1n) is 10.4. The Bertz CT molecular complexity index is 1040. The lowest BCUT2D eigenvalue weighted by atomic mass is 10.1. The molecule has 0 atom stereocenters. The fourth-order valence-corrected chi connectivity index (χ4v) is 3.95. The molecule has 2 aromatic carbocycles. The summed E-state index contributed by atoms with van der Waals surface area (Å²) in [5.41, 5.74) is 3.62. The number of benzene rings is 2. The average Bonchev–Trinajstić information content (AvgIpc) is 3.23. The van der Waals surface area contributed by atoms with Crippen LogP contribution in [-0.4, -0.2) is 22.9 Å². The second kappa shape index (κ2) is 10.2. The predicted octanol–water partition coefficient (Wildman–Crippen LogP) is 6.27. The van der Waals surface area contributed by atoms with E-state index < -0.39 is 0 Å². The Morgan fingerprint density at radius 3 is 2.57 bits per heavy atom. The van der Waals surface area contributed by atoms with Crippen molar-refractivity contribution in [3.05, 3.63) is 47.5 Å². The third-order valence-corrected chi connectivity index (χ3v) is 5.59. The molecule has 0 aliphatic heterocycles. The van der Waals surface area contributed by atoms with Gasteiger partial charge in [0.15, 0.2) is 0 Å². The third-order valence-electron chi connectivity index (χ3n) is 4.59. The van der Waals surface area contributed by atoms with Gasteiger partial charge in [-0.2, -0.15) is 5.26 Å². The molecule has 0 aliphatic carbocycles. The molecule has 0 saturated carbocycles. The number of hydrogen-bond acceptors (Lipinski definition) is 6. The SMILES string of the molecule is CCCCOc1ccc(-c2nnc(-c3ccc(OC(C)C)c(C#N)c3)s2)c(CC)c1. The number of rotatable bonds is 9. The van der Waals surface area contributed by atoms with E-state index >= 15 is 0 Å². The van der Waals surface area contributed by atoms with E-state index in [0.29, 0.717) is 11.3 Å². The molecule has 0 radical (unpaired) electrons. The summed E-state index contributed by atoms with van der Waals surface area (Å²) < 4.78 is 11.6. The van der Waals surface area contributed by atoms with Crippen molar-refractivity contribution >= 4 is 11.3 Å². The molecule has 156 valence electrons. The van der Waals surface area contributed by atoms with Gasteiger partial charge in [0.2, 0.25) is 0 Å². The molecule has 3 aromatic rings. The minimum atomic E-state index is 0.0115.